The van der Waals surface area contributed by atoms with Gasteiger partial charge in [-0.2, -0.15) is 0 Å². The van der Waals surface area contributed by atoms with Gasteiger partial charge < -0.3 is 10.1 Å². The molecule has 23 heavy (non-hydrogen) atoms. The van der Waals surface area contributed by atoms with Crippen LogP contribution in [0.15, 0.2) is 48.5 Å². The molecule has 2 rings (SSSR count). The minimum atomic E-state index is -0.491. The van der Waals surface area contributed by atoms with Crippen LogP contribution in [0.2, 0.25) is 0 Å². The molecule has 0 atom stereocenters. The number of benzene rings is 2. The van der Waals surface area contributed by atoms with E-state index in [0.717, 1.165) is 0 Å². The summed E-state index contributed by atoms with van der Waals surface area (Å²) >= 11 is 0. The maximum absolute atomic E-state index is 13.6. The third kappa shape index (κ3) is 4.51. The summed E-state index contributed by atoms with van der Waals surface area (Å²) in [6, 6.07) is 11.0. The van der Waals surface area contributed by atoms with Gasteiger partial charge >= 0.3 is 0 Å². The molecule has 0 radical (unpaired) electrons. The maximum Gasteiger partial charge on any atom is 0.221 e. The Kier molecular flexibility index (Phi) is 5.25. The van der Waals surface area contributed by atoms with Gasteiger partial charge in [-0.1, -0.05) is 24.3 Å². The molecule has 0 aliphatic heterocycles. The Morgan fingerprint density at radius 1 is 1.17 bits per heavy atom. The Bertz CT molecular complexity index is 769. The molecule has 1 N–H and O–H groups in total. The van der Waals surface area contributed by atoms with Gasteiger partial charge in [-0.15, -0.1) is 0 Å². The van der Waals surface area contributed by atoms with Crippen LogP contribution < -0.4 is 10.1 Å². The zero-order valence-corrected chi connectivity index (χ0v) is 12.8. The third-order valence-corrected chi connectivity index (χ3v) is 3.07. The molecule has 4 nitrogen and oxygen atoms in total. The van der Waals surface area contributed by atoms with Crippen molar-refractivity contribution in [1.29, 1.82) is 0 Å². The third-order valence-electron chi connectivity index (χ3n) is 3.07. The van der Waals surface area contributed by atoms with Crippen LogP contribution in [0.1, 0.15) is 22.8 Å². The number of ether oxygens (including phenoxy) is 1. The predicted octanol–water partition coefficient (Wildman–Crippen LogP) is 3.69. The second-order valence-corrected chi connectivity index (χ2v) is 4.85. The van der Waals surface area contributed by atoms with Gasteiger partial charge in [-0.25, -0.2) is 4.39 Å². The molecule has 0 spiro atoms. The van der Waals surface area contributed by atoms with Crippen molar-refractivity contribution in [3.8, 4) is 5.75 Å². The first-order chi connectivity index (χ1) is 11.0. The topological polar surface area (TPSA) is 55.4 Å². The van der Waals surface area contributed by atoms with E-state index in [-0.39, 0.29) is 17.4 Å². The molecule has 0 saturated carbocycles. The Balaban J connectivity index is 2.15. The molecule has 2 aromatic carbocycles. The number of nitrogens with one attached hydrogen (secondary N) is 1. The molecule has 0 unspecified atom stereocenters. The monoisotopic (exact) mass is 313 g/mol. The summed E-state index contributed by atoms with van der Waals surface area (Å²) in [5.41, 5.74) is 1.53. The highest BCUT2D eigenvalue weighted by molar-refractivity contribution is 6.07. The van der Waals surface area contributed by atoms with E-state index in [9.17, 15) is 14.0 Å². The first kappa shape index (κ1) is 16.4. The van der Waals surface area contributed by atoms with Crippen molar-refractivity contribution in [1.82, 2.24) is 0 Å². The molecule has 2 aromatic rings. The van der Waals surface area contributed by atoms with Crippen LogP contribution in [0.25, 0.3) is 6.08 Å². The molecule has 0 heterocycles. The lowest BCUT2D eigenvalue weighted by Gasteiger charge is -2.04. The summed E-state index contributed by atoms with van der Waals surface area (Å²) < 4.78 is 18.4. The Hall–Kier alpha value is -2.95. The minimum absolute atomic E-state index is 0.150. The fourth-order valence-corrected chi connectivity index (χ4v) is 2.01. The number of anilines is 1. The van der Waals surface area contributed by atoms with Crippen molar-refractivity contribution in [3.63, 3.8) is 0 Å². The van der Waals surface area contributed by atoms with E-state index in [0.29, 0.717) is 16.8 Å². The summed E-state index contributed by atoms with van der Waals surface area (Å²) in [5.74, 6) is -0.793. The van der Waals surface area contributed by atoms with Gasteiger partial charge in [0.1, 0.15) is 0 Å². The van der Waals surface area contributed by atoms with E-state index < -0.39 is 5.82 Å². The molecule has 0 fully saturated rings. The summed E-state index contributed by atoms with van der Waals surface area (Å²) in [4.78, 5) is 23.2. The first-order valence-corrected chi connectivity index (χ1v) is 6.93. The Labute approximate surface area is 133 Å². The van der Waals surface area contributed by atoms with Crippen molar-refractivity contribution in [3.05, 3.63) is 65.5 Å². The average Bonchev–Trinajstić information content (AvgIpc) is 2.52. The number of carbonyl (C=O) groups is 2. The predicted molar refractivity (Wildman–Crippen MR) is 87.1 cm³/mol. The summed E-state index contributed by atoms with van der Waals surface area (Å²) in [5, 5.41) is 2.62. The van der Waals surface area contributed by atoms with E-state index in [1.807, 2.05) is 0 Å². The SMILES string of the molecule is COc1ccc(C=CC(=O)c2cccc(NC(C)=O)c2)cc1F. The van der Waals surface area contributed by atoms with E-state index in [4.69, 9.17) is 4.74 Å². The van der Waals surface area contributed by atoms with Crippen LogP contribution in [0.4, 0.5) is 10.1 Å². The molecule has 0 aliphatic carbocycles. The first-order valence-electron chi connectivity index (χ1n) is 6.93. The summed E-state index contributed by atoms with van der Waals surface area (Å²) in [6.45, 7) is 1.40. The lowest BCUT2D eigenvalue weighted by atomic mass is 10.1. The number of amides is 1. The number of allylic oxidation sites excluding steroid dienone is 1. The van der Waals surface area contributed by atoms with Crippen LogP contribution in [-0.4, -0.2) is 18.8 Å². The number of hydrogen-bond acceptors (Lipinski definition) is 3. The molecular weight excluding hydrogens is 297 g/mol. The fraction of sp³-hybridized carbons (Fsp3) is 0.111. The molecular formula is C18H16FNO3. The van der Waals surface area contributed by atoms with Crippen molar-refractivity contribution >= 4 is 23.5 Å². The smallest absolute Gasteiger partial charge is 0.221 e. The second-order valence-electron chi connectivity index (χ2n) is 4.85. The van der Waals surface area contributed by atoms with Crippen molar-refractivity contribution < 1.29 is 18.7 Å². The van der Waals surface area contributed by atoms with Crippen molar-refractivity contribution in [2.45, 2.75) is 6.92 Å². The van der Waals surface area contributed by atoms with Gasteiger partial charge in [0.15, 0.2) is 17.3 Å². The lowest BCUT2D eigenvalue weighted by Crippen LogP contribution is -2.06. The van der Waals surface area contributed by atoms with Gasteiger partial charge in [0, 0.05) is 18.2 Å². The van der Waals surface area contributed by atoms with Gasteiger partial charge in [0.05, 0.1) is 7.11 Å². The van der Waals surface area contributed by atoms with E-state index >= 15 is 0 Å². The number of ketones is 1. The highest BCUT2D eigenvalue weighted by Crippen LogP contribution is 2.19. The van der Waals surface area contributed by atoms with Gasteiger partial charge in [0.2, 0.25) is 5.91 Å². The largest absolute Gasteiger partial charge is 0.494 e. The standard InChI is InChI=1S/C18H16FNO3/c1-12(21)20-15-5-3-4-14(11-15)17(22)8-6-13-7-9-18(23-2)16(19)10-13/h3-11H,1-2H3,(H,20,21). The van der Waals surface area contributed by atoms with Crippen LogP contribution in [0.3, 0.4) is 0 Å². The van der Waals surface area contributed by atoms with Gasteiger partial charge in [-0.05, 0) is 35.9 Å². The van der Waals surface area contributed by atoms with E-state index in [1.165, 1.54) is 38.3 Å². The normalized spacial score (nSPS) is 10.6. The number of rotatable bonds is 5. The summed E-state index contributed by atoms with van der Waals surface area (Å²) in [7, 11) is 1.39. The van der Waals surface area contributed by atoms with Crippen LogP contribution in [-0.2, 0) is 4.79 Å². The van der Waals surface area contributed by atoms with Gasteiger partial charge in [0.25, 0.3) is 0 Å². The van der Waals surface area contributed by atoms with Crippen LogP contribution in [0.5, 0.6) is 5.75 Å². The Morgan fingerprint density at radius 3 is 2.61 bits per heavy atom. The average molecular weight is 313 g/mol. The number of hydrogen-bond donors (Lipinski definition) is 1. The lowest BCUT2D eigenvalue weighted by molar-refractivity contribution is -0.114. The van der Waals surface area contributed by atoms with Gasteiger partial charge in [-0.3, -0.25) is 9.59 Å². The van der Waals surface area contributed by atoms with E-state index in [2.05, 4.69) is 5.32 Å². The van der Waals surface area contributed by atoms with Crippen LogP contribution >= 0.6 is 0 Å². The number of methoxy groups -OCH3 is 1. The molecule has 0 saturated heterocycles. The molecule has 0 bridgehead atoms. The second kappa shape index (κ2) is 7.35. The zero-order chi connectivity index (χ0) is 16.8. The zero-order valence-electron chi connectivity index (χ0n) is 12.8. The molecule has 5 heteroatoms. The minimum Gasteiger partial charge on any atom is -0.494 e. The molecule has 0 aliphatic rings. The number of halogens is 1. The fourth-order valence-electron chi connectivity index (χ4n) is 2.01. The van der Waals surface area contributed by atoms with Crippen molar-refractivity contribution in [2.24, 2.45) is 0 Å². The quantitative estimate of drug-likeness (QED) is 0.676. The Morgan fingerprint density at radius 2 is 1.96 bits per heavy atom. The van der Waals surface area contributed by atoms with Crippen molar-refractivity contribution in [2.75, 3.05) is 12.4 Å². The number of carbonyl (C=O) groups excluding carboxylic acids is 2. The van der Waals surface area contributed by atoms with E-state index in [1.54, 1.807) is 30.3 Å². The summed E-state index contributed by atoms with van der Waals surface area (Å²) in [6.07, 6.45) is 2.88. The molecule has 1 amide bonds. The maximum atomic E-state index is 13.6. The highest BCUT2D eigenvalue weighted by Gasteiger charge is 2.05. The molecule has 0 aromatic heterocycles. The van der Waals surface area contributed by atoms with Crippen LogP contribution in [0, 0.1) is 5.82 Å². The molecule has 118 valence electrons. The highest BCUT2D eigenvalue weighted by atomic mass is 19.1.